The molecule has 0 aliphatic carbocycles. The maximum Gasteiger partial charge on any atom is 0.314 e. The summed E-state index contributed by atoms with van der Waals surface area (Å²) in [5.41, 5.74) is 0. The minimum absolute atomic E-state index is 0.00731. The molecule has 0 bridgehead atoms. The summed E-state index contributed by atoms with van der Waals surface area (Å²) in [5, 5.41) is 2.57. The molecule has 0 aliphatic heterocycles. The van der Waals surface area contributed by atoms with Crippen LogP contribution in [0.2, 0.25) is 0 Å². The highest BCUT2D eigenvalue weighted by atomic mass is 32.1. The molecule has 12 heavy (non-hydrogen) atoms. The second-order valence-electron chi connectivity index (χ2n) is 2.66. The van der Waals surface area contributed by atoms with Crippen LogP contribution in [0.15, 0.2) is 17.5 Å². The van der Waals surface area contributed by atoms with E-state index < -0.39 is 0 Å². The number of ether oxygens (including phenoxy) is 1. The lowest BCUT2D eigenvalue weighted by atomic mass is 10.1. The predicted molar refractivity (Wildman–Crippen MR) is 49.4 cm³/mol. The average molecular weight is 184 g/mol. The van der Waals surface area contributed by atoms with E-state index in [1.165, 1.54) is 11.3 Å². The van der Waals surface area contributed by atoms with Gasteiger partial charge in [-0.3, -0.25) is 4.79 Å². The quantitative estimate of drug-likeness (QED) is 0.675. The van der Waals surface area contributed by atoms with Gasteiger partial charge >= 0.3 is 5.97 Å². The molecule has 0 saturated carbocycles. The maximum absolute atomic E-state index is 11.2. The fourth-order valence-corrected chi connectivity index (χ4v) is 1.27. The Morgan fingerprint density at radius 3 is 3.00 bits per heavy atom. The lowest BCUT2D eigenvalue weighted by Crippen LogP contribution is -2.16. The molecule has 1 heterocycles. The molecule has 2 nitrogen and oxygen atoms in total. The molecule has 1 unspecified atom stereocenters. The van der Waals surface area contributed by atoms with E-state index in [2.05, 4.69) is 0 Å². The van der Waals surface area contributed by atoms with Crippen molar-refractivity contribution in [1.82, 2.24) is 0 Å². The lowest BCUT2D eigenvalue weighted by Gasteiger charge is -2.05. The minimum Gasteiger partial charge on any atom is -0.415 e. The molecule has 3 heteroatoms. The third kappa shape index (κ3) is 2.34. The van der Waals surface area contributed by atoms with Crippen molar-refractivity contribution in [2.24, 2.45) is 5.92 Å². The molecule has 0 saturated heterocycles. The van der Waals surface area contributed by atoms with Crippen LogP contribution < -0.4 is 4.74 Å². The predicted octanol–water partition coefficient (Wildman–Crippen LogP) is 2.70. The second-order valence-corrected chi connectivity index (χ2v) is 3.57. The van der Waals surface area contributed by atoms with E-state index in [1.807, 2.05) is 25.3 Å². The Bertz CT molecular complexity index is 241. The van der Waals surface area contributed by atoms with Gasteiger partial charge in [0.1, 0.15) is 0 Å². The van der Waals surface area contributed by atoms with Gasteiger partial charge in [0.15, 0.2) is 5.06 Å². The van der Waals surface area contributed by atoms with Crippen LogP contribution in [0.4, 0.5) is 0 Å². The van der Waals surface area contributed by atoms with E-state index in [4.69, 9.17) is 4.74 Å². The minimum atomic E-state index is -0.139. The lowest BCUT2D eigenvalue weighted by molar-refractivity contribution is -0.138. The van der Waals surface area contributed by atoms with E-state index in [-0.39, 0.29) is 11.9 Å². The number of carbonyl (C=O) groups is 1. The topological polar surface area (TPSA) is 26.3 Å². The summed E-state index contributed by atoms with van der Waals surface area (Å²) in [6.45, 7) is 3.84. The highest BCUT2D eigenvalue weighted by molar-refractivity contribution is 7.11. The van der Waals surface area contributed by atoms with Crippen molar-refractivity contribution < 1.29 is 9.53 Å². The van der Waals surface area contributed by atoms with Crippen LogP contribution in [-0.2, 0) is 4.79 Å². The molecule has 66 valence electrons. The number of esters is 1. The number of thiophene rings is 1. The normalized spacial score (nSPS) is 12.5. The molecule has 1 rings (SSSR count). The van der Waals surface area contributed by atoms with Crippen LogP contribution in [0, 0.1) is 5.92 Å². The van der Waals surface area contributed by atoms with Crippen LogP contribution in [0.25, 0.3) is 0 Å². The maximum atomic E-state index is 11.2. The van der Waals surface area contributed by atoms with Crippen LogP contribution in [-0.4, -0.2) is 5.97 Å². The average Bonchev–Trinajstić information content (AvgIpc) is 2.55. The van der Waals surface area contributed by atoms with Gasteiger partial charge in [-0.1, -0.05) is 13.8 Å². The third-order valence-electron chi connectivity index (χ3n) is 1.71. The number of carbonyl (C=O) groups excluding carboxylic acids is 1. The van der Waals surface area contributed by atoms with Crippen LogP contribution in [0.5, 0.6) is 5.06 Å². The Labute approximate surface area is 76.2 Å². The first-order chi connectivity index (χ1) is 5.74. The number of hydrogen-bond acceptors (Lipinski definition) is 3. The molecular formula is C9H12O2S. The van der Waals surface area contributed by atoms with Crippen molar-refractivity contribution in [1.29, 1.82) is 0 Å². The summed E-state index contributed by atoms with van der Waals surface area (Å²) >= 11 is 1.44. The molecule has 0 aliphatic rings. The molecule has 0 aromatic carbocycles. The zero-order valence-electron chi connectivity index (χ0n) is 7.24. The number of hydrogen-bond donors (Lipinski definition) is 0. The molecule has 1 aromatic heterocycles. The fourth-order valence-electron chi connectivity index (χ4n) is 0.688. The Kier molecular flexibility index (Phi) is 3.29. The Balaban J connectivity index is 2.47. The van der Waals surface area contributed by atoms with Gasteiger partial charge in [-0.2, -0.15) is 0 Å². The molecule has 0 amide bonds. The molecule has 0 spiro atoms. The zero-order chi connectivity index (χ0) is 8.97. The molecule has 1 atom stereocenters. The van der Waals surface area contributed by atoms with Gasteiger partial charge in [0.2, 0.25) is 0 Å². The largest absolute Gasteiger partial charge is 0.415 e. The summed E-state index contributed by atoms with van der Waals surface area (Å²) in [6, 6.07) is 3.66. The molecule has 0 N–H and O–H groups in total. The van der Waals surface area contributed by atoms with E-state index in [0.29, 0.717) is 5.06 Å². The summed E-state index contributed by atoms with van der Waals surface area (Å²) in [4.78, 5) is 11.2. The summed E-state index contributed by atoms with van der Waals surface area (Å²) in [5.74, 6) is -0.146. The van der Waals surface area contributed by atoms with Crippen LogP contribution in [0.1, 0.15) is 20.3 Å². The molecule has 0 radical (unpaired) electrons. The van der Waals surface area contributed by atoms with E-state index in [0.717, 1.165) is 6.42 Å². The second kappa shape index (κ2) is 4.26. The summed E-state index contributed by atoms with van der Waals surface area (Å²) < 4.78 is 5.09. The highest BCUT2D eigenvalue weighted by Gasteiger charge is 2.12. The molecule has 1 aromatic rings. The molecular weight excluding hydrogens is 172 g/mol. The smallest absolute Gasteiger partial charge is 0.314 e. The van der Waals surface area contributed by atoms with Crippen LogP contribution in [0.3, 0.4) is 0 Å². The standard InChI is InChI=1S/C9H12O2S/c1-3-7(2)9(10)11-8-5-4-6-12-8/h4-7H,3H2,1-2H3. The SMILES string of the molecule is CCC(C)C(=O)Oc1cccs1. The highest BCUT2D eigenvalue weighted by Crippen LogP contribution is 2.19. The first kappa shape index (κ1) is 9.26. The van der Waals surface area contributed by atoms with Gasteiger partial charge in [0.25, 0.3) is 0 Å². The van der Waals surface area contributed by atoms with Crippen molar-refractivity contribution in [3.05, 3.63) is 17.5 Å². The fraction of sp³-hybridized carbons (Fsp3) is 0.444. The van der Waals surface area contributed by atoms with Gasteiger partial charge in [-0.15, -0.1) is 11.3 Å². The van der Waals surface area contributed by atoms with Gasteiger partial charge in [-0.05, 0) is 23.9 Å². The molecule has 0 fully saturated rings. The Morgan fingerprint density at radius 2 is 2.50 bits per heavy atom. The van der Waals surface area contributed by atoms with Gasteiger partial charge < -0.3 is 4.74 Å². The van der Waals surface area contributed by atoms with E-state index >= 15 is 0 Å². The summed E-state index contributed by atoms with van der Waals surface area (Å²) in [7, 11) is 0. The first-order valence-electron chi connectivity index (χ1n) is 3.99. The first-order valence-corrected chi connectivity index (χ1v) is 4.87. The number of rotatable bonds is 3. The van der Waals surface area contributed by atoms with Gasteiger partial charge in [0.05, 0.1) is 5.92 Å². The Hall–Kier alpha value is -0.830. The van der Waals surface area contributed by atoms with Gasteiger partial charge in [-0.25, -0.2) is 0 Å². The van der Waals surface area contributed by atoms with Crippen molar-refractivity contribution in [2.45, 2.75) is 20.3 Å². The summed E-state index contributed by atoms with van der Waals surface area (Å²) in [6.07, 6.45) is 0.824. The van der Waals surface area contributed by atoms with Crippen molar-refractivity contribution in [3.8, 4) is 5.06 Å². The van der Waals surface area contributed by atoms with Gasteiger partial charge in [0, 0.05) is 0 Å². The van der Waals surface area contributed by atoms with Crippen molar-refractivity contribution in [3.63, 3.8) is 0 Å². The third-order valence-corrected chi connectivity index (χ3v) is 2.46. The van der Waals surface area contributed by atoms with Crippen LogP contribution >= 0.6 is 11.3 Å². The van der Waals surface area contributed by atoms with Crippen molar-refractivity contribution >= 4 is 17.3 Å². The monoisotopic (exact) mass is 184 g/mol. The van der Waals surface area contributed by atoms with E-state index in [1.54, 1.807) is 6.07 Å². The Morgan fingerprint density at radius 1 is 1.75 bits per heavy atom. The van der Waals surface area contributed by atoms with Crippen molar-refractivity contribution in [2.75, 3.05) is 0 Å². The van der Waals surface area contributed by atoms with E-state index in [9.17, 15) is 4.79 Å². The zero-order valence-corrected chi connectivity index (χ0v) is 8.06.